The second-order valence-corrected chi connectivity index (χ2v) is 5.35. The lowest BCUT2D eigenvalue weighted by atomic mass is 10.2. The molecule has 1 rings (SSSR count). The van der Waals surface area contributed by atoms with Gasteiger partial charge in [-0.05, 0) is 30.2 Å². The average molecular weight is 224 g/mol. The molecule has 0 amide bonds. The maximum Gasteiger partial charge on any atom is 0.335 e. The van der Waals surface area contributed by atoms with E-state index >= 15 is 0 Å². The van der Waals surface area contributed by atoms with E-state index in [1.165, 1.54) is 0 Å². The van der Waals surface area contributed by atoms with Crippen molar-refractivity contribution < 1.29 is 9.90 Å². The molecule has 82 valence electrons. The van der Waals surface area contributed by atoms with Gasteiger partial charge >= 0.3 is 5.97 Å². The molecule has 0 aliphatic rings. The van der Waals surface area contributed by atoms with Crippen molar-refractivity contribution in [3.63, 3.8) is 0 Å². The second-order valence-electron chi connectivity index (χ2n) is 3.90. The molecule has 2 nitrogen and oxygen atoms in total. The first-order chi connectivity index (χ1) is 7.00. The summed E-state index contributed by atoms with van der Waals surface area (Å²) in [6, 6.07) is 7.04. The SMILES string of the molecule is CC(C)C(C)Sc1ccc(C(=O)O)cc1. The van der Waals surface area contributed by atoms with Crippen LogP contribution in [-0.4, -0.2) is 16.3 Å². The smallest absolute Gasteiger partial charge is 0.335 e. The van der Waals surface area contributed by atoms with E-state index in [4.69, 9.17) is 5.11 Å². The van der Waals surface area contributed by atoms with E-state index in [-0.39, 0.29) is 0 Å². The van der Waals surface area contributed by atoms with Crippen molar-refractivity contribution in [2.45, 2.75) is 30.9 Å². The van der Waals surface area contributed by atoms with Crippen LogP contribution < -0.4 is 0 Å². The standard InChI is InChI=1S/C12H16O2S/c1-8(2)9(3)15-11-6-4-10(5-7-11)12(13)14/h4-9H,1-3H3,(H,13,14). The van der Waals surface area contributed by atoms with Crippen molar-refractivity contribution >= 4 is 17.7 Å². The van der Waals surface area contributed by atoms with Gasteiger partial charge in [0.2, 0.25) is 0 Å². The third-order valence-corrected chi connectivity index (χ3v) is 3.82. The van der Waals surface area contributed by atoms with Crippen LogP contribution in [0.4, 0.5) is 0 Å². The minimum atomic E-state index is -0.872. The van der Waals surface area contributed by atoms with Gasteiger partial charge in [-0.2, -0.15) is 0 Å². The van der Waals surface area contributed by atoms with Gasteiger partial charge in [0, 0.05) is 10.1 Å². The number of carboxylic acid groups (broad SMARTS) is 1. The van der Waals surface area contributed by atoms with E-state index < -0.39 is 5.97 Å². The molecular weight excluding hydrogens is 208 g/mol. The summed E-state index contributed by atoms with van der Waals surface area (Å²) >= 11 is 1.78. The molecule has 1 aromatic rings. The van der Waals surface area contributed by atoms with E-state index in [9.17, 15) is 4.79 Å². The Morgan fingerprint density at radius 2 is 1.73 bits per heavy atom. The predicted molar refractivity (Wildman–Crippen MR) is 63.6 cm³/mol. The first-order valence-electron chi connectivity index (χ1n) is 5.00. The molecule has 0 saturated heterocycles. The van der Waals surface area contributed by atoms with Gasteiger partial charge in [-0.25, -0.2) is 4.79 Å². The highest BCUT2D eigenvalue weighted by atomic mass is 32.2. The Labute approximate surface area is 94.7 Å². The van der Waals surface area contributed by atoms with Gasteiger partial charge in [-0.1, -0.05) is 20.8 Å². The van der Waals surface area contributed by atoms with Crippen LogP contribution in [0.3, 0.4) is 0 Å². The van der Waals surface area contributed by atoms with Crippen LogP contribution in [0.5, 0.6) is 0 Å². The molecule has 0 heterocycles. The minimum Gasteiger partial charge on any atom is -0.478 e. The molecule has 15 heavy (non-hydrogen) atoms. The fourth-order valence-corrected chi connectivity index (χ4v) is 2.02. The lowest BCUT2D eigenvalue weighted by Crippen LogP contribution is -2.05. The first-order valence-corrected chi connectivity index (χ1v) is 5.88. The molecule has 0 aliphatic heterocycles. The van der Waals surface area contributed by atoms with E-state index in [1.54, 1.807) is 23.9 Å². The van der Waals surface area contributed by atoms with Gasteiger partial charge in [0.25, 0.3) is 0 Å². The van der Waals surface area contributed by atoms with E-state index in [2.05, 4.69) is 20.8 Å². The summed E-state index contributed by atoms with van der Waals surface area (Å²) in [5, 5.41) is 9.28. The Kier molecular flexibility index (Phi) is 4.21. The van der Waals surface area contributed by atoms with Crippen LogP contribution in [0.1, 0.15) is 31.1 Å². The summed E-state index contributed by atoms with van der Waals surface area (Å²) in [6.45, 7) is 6.55. The molecule has 3 heteroatoms. The molecule has 1 aromatic carbocycles. The Morgan fingerprint density at radius 1 is 1.20 bits per heavy atom. The highest BCUT2D eigenvalue weighted by Gasteiger charge is 2.09. The minimum absolute atomic E-state index is 0.344. The highest BCUT2D eigenvalue weighted by molar-refractivity contribution is 8.00. The lowest BCUT2D eigenvalue weighted by molar-refractivity contribution is 0.0697. The van der Waals surface area contributed by atoms with Crippen molar-refractivity contribution in [2.24, 2.45) is 5.92 Å². The number of carbonyl (C=O) groups is 1. The molecule has 0 aromatic heterocycles. The van der Waals surface area contributed by atoms with Gasteiger partial charge in [0.05, 0.1) is 5.56 Å². The van der Waals surface area contributed by atoms with Crippen molar-refractivity contribution in [1.82, 2.24) is 0 Å². The van der Waals surface area contributed by atoms with Crippen LogP contribution >= 0.6 is 11.8 Å². The Bertz CT molecular complexity index is 330. The molecule has 0 fully saturated rings. The maximum absolute atomic E-state index is 10.6. The number of rotatable bonds is 4. The van der Waals surface area contributed by atoms with Crippen LogP contribution in [0.25, 0.3) is 0 Å². The zero-order valence-electron chi connectivity index (χ0n) is 9.23. The summed E-state index contributed by atoms with van der Waals surface area (Å²) in [7, 11) is 0. The van der Waals surface area contributed by atoms with Gasteiger partial charge in [0.15, 0.2) is 0 Å². The molecule has 0 aliphatic carbocycles. The molecule has 0 saturated carbocycles. The summed E-state index contributed by atoms with van der Waals surface area (Å²) < 4.78 is 0. The summed E-state index contributed by atoms with van der Waals surface area (Å²) in [4.78, 5) is 11.8. The maximum atomic E-state index is 10.6. The van der Waals surface area contributed by atoms with Crippen molar-refractivity contribution in [2.75, 3.05) is 0 Å². The number of thioether (sulfide) groups is 1. The molecule has 0 bridgehead atoms. The Morgan fingerprint density at radius 3 is 2.13 bits per heavy atom. The third-order valence-electron chi connectivity index (χ3n) is 2.36. The molecule has 1 N–H and O–H groups in total. The summed E-state index contributed by atoms with van der Waals surface area (Å²) in [5.74, 6) is -0.252. The van der Waals surface area contributed by atoms with E-state index in [0.717, 1.165) is 4.90 Å². The third kappa shape index (κ3) is 3.59. The number of hydrogen-bond donors (Lipinski definition) is 1. The fourth-order valence-electron chi connectivity index (χ4n) is 1.03. The van der Waals surface area contributed by atoms with Crippen LogP contribution in [-0.2, 0) is 0 Å². The predicted octanol–water partition coefficient (Wildman–Crippen LogP) is 3.52. The molecule has 0 radical (unpaired) electrons. The van der Waals surface area contributed by atoms with E-state index in [0.29, 0.717) is 16.7 Å². The zero-order valence-corrected chi connectivity index (χ0v) is 10.0. The topological polar surface area (TPSA) is 37.3 Å². The molecule has 1 unspecified atom stereocenters. The molecule has 0 spiro atoms. The van der Waals surface area contributed by atoms with Crippen molar-refractivity contribution in [3.05, 3.63) is 29.8 Å². The average Bonchev–Trinajstić information content (AvgIpc) is 2.18. The Hall–Kier alpha value is -0.960. The van der Waals surface area contributed by atoms with Crippen LogP contribution in [0.15, 0.2) is 29.2 Å². The largest absolute Gasteiger partial charge is 0.478 e. The van der Waals surface area contributed by atoms with Gasteiger partial charge in [-0.3, -0.25) is 0 Å². The van der Waals surface area contributed by atoms with Gasteiger partial charge in [0.1, 0.15) is 0 Å². The van der Waals surface area contributed by atoms with Crippen molar-refractivity contribution in [1.29, 1.82) is 0 Å². The Balaban J connectivity index is 2.68. The second kappa shape index (κ2) is 5.21. The quantitative estimate of drug-likeness (QED) is 0.795. The normalized spacial score (nSPS) is 12.8. The van der Waals surface area contributed by atoms with Crippen LogP contribution in [0.2, 0.25) is 0 Å². The van der Waals surface area contributed by atoms with Crippen molar-refractivity contribution in [3.8, 4) is 0 Å². The molecular formula is C12H16O2S. The lowest BCUT2D eigenvalue weighted by Gasteiger charge is -2.14. The number of carboxylic acids is 1. The van der Waals surface area contributed by atoms with Crippen LogP contribution in [0, 0.1) is 5.92 Å². The number of benzene rings is 1. The fraction of sp³-hybridized carbons (Fsp3) is 0.417. The molecule has 1 atom stereocenters. The number of aromatic carboxylic acids is 1. The van der Waals surface area contributed by atoms with Gasteiger partial charge < -0.3 is 5.11 Å². The monoisotopic (exact) mass is 224 g/mol. The highest BCUT2D eigenvalue weighted by Crippen LogP contribution is 2.27. The number of hydrogen-bond acceptors (Lipinski definition) is 2. The van der Waals surface area contributed by atoms with Gasteiger partial charge in [-0.15, -0.1) is 11.8 Å². The zero-order chi connectivity index (χ0) is 11.4. The van der Waals surface area contributed by atoms with E-state index in [1.807, 2.05) is 12.1 Å². The first kappa shape index (κ1) is 12.1. The summed E-state index contributed by atoms with van der Waals surface area (Å²) in [5.41, 5.74) is 0.344. The summed E-state index contributed by atoms with van der Waals surface area (Å²) in [6.07, 6.45) is 0.